The summed E-state index contributed by atoms with van der Waals surface area (Å²) in [5.74, 6) is -0.802. The van der Waals surface area contributed by atoms with Gasteiger partial charge in [0.15, 0.2) is 0 Å². The third-order valence-corrected chi connectivity index (χ3v) is 4.15. The van der Waals surface area contributed by atoms with Crippen LogP contribution >= 0.6 is 0 Å². The summed E-state index contributed by atoms with van der Waals surface area (Å²) in [7, 11) is 1.20. The van der Waals surface area contributed by atoms with Gasteiger partial charge in [0.1, 0.15) is 23.6 Å². The summed E-state index contributed by atoms with van der Waals surface area (Å²) in [6.07, 6.45) is -1.91. The van der Waals surface area contributed by atoms with Crippen molar-refractivity contribution in [2.45, 2.75) is 12.9 Å². The molecule has 0 spiro atoms. The van der Waals surface area contributed by atoms with Gasteiger partial charge in [0.2, 0.25) is 11.7 Å². The van der Waals surface area contributed by atoms with Gasteiger partial charge in [-0.1, -0.05) is 5.16 Å². The molecule has 0 bridgehead atoms. The Morgan fingerprint density at radius 1 is 1.23 bits per heavy atom. The van der Waals surface area contributed by atoms with Crippen LogP contribution in [0.1, 0.15) is 16.2 Å². The van der Waals surface area contributed by atoms with Crippen molar-refractivity contribution in [2.24, 2.45) is 0 Å². The van der Waals surface area contributed by atoms with Gasteiger partial charge in [-0.25, -0.2) is 9.89 Å². The molecule has 13 heteroatoms. The van der Waals surface area contributed by atoms with Crippen LogP contribution in [0.4, 0.5) is 13.2 Å². The van der Waals surface area contributed by atoms with E-state index in [1.807, 2.05) is 0 Å². The van der Waals surface area contributed by atoms with Gasteiger partial charge in [0.25, 0.3) is 5.56 Å². The van der Waals surface area contributed by atoms with Crippen molar-refractivity contribution in [2.75, 3.05) is 7.11 Å². The van der Waals surface area contributed by atoms with Gasteiger partial charge in [-0.15, -0.1) is 13.2 Å². The minimum Gasteiger partial charge on any atom is -0.465 e. The number of aromatic nitrogens is 5. The molecule has 4 rings (SSSR count). The maximum atomic E-state index is 12.3. The molecule has 2 aliphatic heterocycles. The van der Waals surface area contributed by atoms with Gasteiger partial charge >= 0.3 is 12.3 Å². The van der Waals surface area contributed by atoms with Crippen LogP contribution in [0.15, 0.2) is 46.0 Å². The first-order valence-corrected chi connectivity index (χ1v) is 8.59. The van der Waals surface area contributed by atoms with E-state index >= 15 is 0 Å². The number of aromatic amines is 1. The Bertz CT molecular complexity index is 1260. The molecule has 0 fully saturated rings. The van der Waals surface area contributed by atoms with E-state index in [0.29, 0.717) is 5.56 Å². The molecule has 0 atom stereocenters. The number of methoxy groups -OCH3 is 1. The number of H-pyrrole nitrogens is 1. The molecular formula is C18H12F3N5O5. The maximum absolute atomic E-state index is 12.3. The van der Waals surface area contributed by atoms with Crippen molar-refractivity contribution in [1.29, 1.82) is 0 Å². The van der Waals surface area contributed by atoms with E-state index < -0.39 is 17.9 Å². The average Bonchev–Trinajstić information content (AvgIpc) is 3.33. The largest absolute Gasteiger partial charge is 0.573 e. The third kappa shape index (κ3) is 4.24. The topological polar surface area (TPSA) is 125 Å². The number of carbonyl (C=O) groups is 1. The second kappa shape index (κ2) is 7.59. The first-order valence-electron chi connectivity index (χ1n) is 8.59. The number of benzene rings is 1. The summed E-state index contributed by atoms with van der Waals surface area (Å²) in [6.45, 7) is 0.00677. The number of nitrogens with one attached hydrogen (secondary N) is 1. The summed E-state index contributed by atoms with van der Waals surface area (Å²) < 4.78 is 52.0. The molecule has 2 aliphatic rings. The van der Waals surface area contributed by atoms with Crippen LogP contribution in [0, 0.1) is 0 Å². The monoisotopic (exact) mass is 435 g/mol. The van der Waals surface area contributed by atoms with Crippen molar-refractivity contribution < 1.29 is 32.0 Å². The second-order valence-electron chi connectivity index (χ2n) is 6.23. The number of carbonyl (C=O) groups excluding carboxylic acids is 1. The van der Waals surface area contributed by atoms with Crippen LogP contribution in [-0.2, 0) is 11.3 Å². The van der Waals surface area contributed by atoms with Gasteiger partial charge in [0, 0.05) is 18.0 Å². The molecule has 0 amide bonds. The van der Waals surface area contributed by atoms with E-state index in [-0.39, 0.29) is 40.8 Å². The average molecular weight is 435 g/mol. The number of hydrogen-bond acceptors (Lipinski definition) is 8. The number of alkyl halides is 3. The van der Waals surface area contributed by atoms with E-state index in [4.69, 9.17) is 9.26 Å². The van der Waals surface area contributed by atoms with Gasteiger partial charge in [-0.2, -0.15) is 10.1 Å². The molecule has 1 N–H and O–H groups in total. The smallest absolute Gasteiger partial charge is 0.465 e. The van der Waals surface area contributed by atoms with Crippen LogP contribution in [0.3, 0.4) is 0 Å². The summed E-state index contributed by atoms with van der Waals surface area (Å²) >= 11 is 0. The molecule has 1 aromatic carbocycles. The Morgan fingerprint density at radius 2 is 1.97 bits per heavy atom. The third-order valence-electron chi connectivity index (χ3n) is 4.15. The van der Waals surface area contributed by atoms with Crippen molar-refractivity contribution in [3.8, 4) is 28.4 Å². The molecule has 0 saturated heterocycles. The van der Waals surface area contributed by atoms with Crippen molar-refractivity contribution >= 4 is 5.97 Å². The molecule has 2 aromatic rings. The Balaban J connectivity index is 1.59. The van der Waals surface area contributed by atoms with Crippen molar-refractivity contribution in [3.05, 3.63) is 58.5 Å². The molecular weight excluding hydrogens is 423 g/mol. The summed E-state index contributed by atoms with van der Waals surface area (Å²) in [4.78, 5) is 28.1. The van der Waals surface area contributed by atoms with Crippen LogP contribution in [0.5, 0.6) is 5.75 Å². The lowest BCUT2D eigenvalue weighted by atomic mass is 10.1. The lowest BCUT2D eigenvalue weighted by Crippen LogP contribution is -2.16. The Morgan fingerprint density at radius 3 is 2.65 bits per heavy atom. The predicted octanol–water partition coefficient (Wildman–Crippen LogP) is 2.46. The number of hydrogen-bond donors (Lipinski definition) is 1. The summed E-state index contributed by atoms with van der Waals surface area (Å²) in [6, 6.07) is 4.94. The Kier molecular flexibility index (Phi) is 4.93. The molecule has 0 saturated carbocycles. The second-order valence-corrected chi connectivity index (χ2v) is 6.23. The number of fused-ring (bicyclic) bond motifs is 1. The first kappa shape index (κ1) is 20.1. The zero-order valence-corrected chi connectivity index (χ0v) is 15.6. The molecule has 1 aromatic heterocycles. The minimum atomic E-state index is -4.79. The first-order chi connectivity index (χ1) is 14.7. The highest BCUT2D eigenvalue weighted by molar-refractivity contribution is 5.95. The molecule has 31 heavy (non-hydrogen) atoms. The van der Waals surface area contributed by atoms with Crippen molar-refractivity contribution in [3.63, 3.8) is 0 Å². The normalized spacial score (nSPS) is 11.6. The van der Waals surface area contributed by atoms with Crippen molar-refractivity contribution in [1.82, 2.24) is 24.9 Å². The van der Waals surface area contributed by atoms with E-state index in [2.05, 4.69) is 25.1 Å². The van der Waals surface area contributed by atoms with Crippen LogP contribution in [-0.4, -0.2) is 44.3 Å². The summed E-state index contributed by atoms with van der Waals surface area (Å²) in [5, 5.41) is 9.89. The highest BCUT2D eigenvalue weighted by Gasteiger charge is 2.31. The highest BCUT2D eigenvalue weighted by Crippen LogP contribution is 2.26. The van der Waals surface area contributed by atoms with E-state index in [0.717, 1.165) is 12.1 Å². The summed E-state index contributed by atoms with van der Waals surface area (Å²) in [5.41, 5.74) is 0.320. The fraction of sp³-hybridized carbons (Fsp3) is 0.167. The van der Waals surface area contributed by atoms with Crippen LogP contribution in [0.2, 0.25) is 0 Å². The fourth-order valence-electron chi connectivity index (χ4n) is 2.84. The number of nitrogens with zero attached hydrogens (tertiary/aromatic N) is 4. The number of pyridine rings is 1. The van der Waals surface area contributed by atoms with Gasteiger partial charge < -0.3 is 18.6 Å². The van der Waals surface area contributed by atoms with Gasteiger partial charge in [-0.05, 0) is 24.3 Å². The quantitative estimate of drug-likeness (QED) is 0.474. The molecule has 10 nitrogen and oxygen atoms in total. The number of rotatable bonds is 5. The lowest BCUT2D eigenvalue weighted by Gasteiger charge is -2.09. The zero-order valence-electron chi connectivity index (χ0n) is 15.6. The zero-order chi connectivity index (χ0) is 22.2. The Labute approximate surface area is 170 Å². The molecule has 0 unspecified atom stereocenters. The molecule has 3 heterocycles. The van der Waals surface area contributed by atoms with Gasteiger partial charge in [-0.3, -0.25) is 4.79 Å². The standard InChI is InChI=1S/C18H12F3N5O5/c1-29-17(28)12-7-26(6-11-14(12)23-24-16(11)27)8-13-22-15(25-31-13)9-2-4-10(5-3-9)30-18(19,20)21/h2-7H,8H2,1H3,(H,24,27). The van der Waals surface area contributed by atoms with E-state index in [9.17, 15) is 22.8 Å². The Hall–Kier alpha value is -4.16. The molecule has 0 radical (unpaired) electrons. The number of ether oxygens (including phenoxy) is 2. The highest BCUT2D eigenvalue weighted by atomic mass is 19.4. The minimum absolute atomic E-state index is 0.00677. The molecule has 160 valence electrons. The number of esters is 1. The fourth-order valence-corrected chi connectivity index (χ4v) is 2.84. The van der Waals surface area contributed by atoms with Crippen LogP contribution in [0.25, 0.3) is 22.6 Å². The van der Waals surface area contributed by atoms with Crippen LogP contribution < -0.4 is 10.3 Å². The lowest BCUT2D eigenvalue weighted by molar-refractivity contribution is -0.274. The van der Waals surface area contributed by atoms with E-state index in [1.165, 1.54) is 36.2 Å². The SMILES string of the molecule is COC(=O)c1cn(Cc2nc(-c3ccc(OC(F)(F)F)cc3)no2)cc2c(=O)[nH]nc1-2. The predicted molar refractivity (Wildman–Crippen MR) is 96.3 cm³/mol. The van der Waals surface area contributed by atoms with E-state index in [1.54, 1.807) is 0 Å². The number of halogens is 3. The maximum Gasteiger partial charge on any atom is 0.573 e. The molecule has 0 aliphatic carbocycles. The van der Waals surface area contributed by atoms with Gasteiger partial charge in [0.05, 0.1) is 12.7 Å².